The predicted octanol–water partition coefficient (Wildman–Crippen LogP) is 3.92. The molecule has 0 spiro atoms. The van der Waals surface area contributed by atoms with Crippen LogP contribution in [0.4, 0.5) is 0 Å². The van der Waals surface area contributed by atoms with Crippen molar-refractivity contribution in [2.75, 3.05) is 6.61 Å². The number of carboxylic acid groups (broad SMARTS) is 1. The van der Waals surface area contributed by atoms with Gasteiger partial charge in [-0.1, -0.05) is 38.5 Å². The monoisotopic (exact) mass is 374 g/mol. The maximum atomic E-state index is 12.1. The number of carbonyl (C=O) groups is 2. The number of hydrogen-bond donors (Lipinski definition) is 3. The van der Waals surface area contributed by atoms with E-state index in [0.29, 0.717) is 36.3 Å². The Bertz CT molecular complexity index is 728. The van der Waals surface area contributed by atoms with Crippen molar-refractivity contribution in [1.82, 2.24) is 0 Å². The summed E-state index contributed by atoms with van der Waals surface area (Å²) in [7, 11) is 0. The summed E-state index contributed by atoms with van der Waals surface area (Å²) in [6.45, 7) is 7.50. The molecule has 148 valence electrons. The van der Waals surface area contributed by atoms with Crippen molar-refractivity contribution in [3.05, 3.63) is 52.6 Å². The average Bonchev–Trinajstić information content (AvgIpc) is 2.63. The number of aromatic carboxylic acids is 1. The summed E-state index contributed by atoms with van der Waals surface area (Å²) in [5.41, 5.74) is 1.86. The summed E-state index contributed by atoms with van der Waals surface area (Å²) in [5.74, 6) is -0.897. The van der Waals surface area contributed by atoms with Crippen LogP contribution in [0.1, 0.15) is 55.6 Å². The highest BCUT2D eigenvalue weighted by Crippen LogP contribution is 2.28. The summed E-state index contributed by atoms with van der Waals surface area (Å²) < 4.78 is 0. The standard InChI is InChI=1S/C22H30O5/c1-14(2)5-10-20(24)16(4)7-9-18-12-19(22(26)27)11-17(21(18)25)8-6-15(3)13-23/h5-6,10-12,14,16,23,25H,7-9,13H2,1-4H3,(H,26,27)/b10-5+,15-6?. The van der Waals surface area contributed by atoms with Crippen LogP contribution in [0.25, 0.3) is 0 Å². The third kappa shape index (κ3) is 7.39. The number of ketones is 1. The van der Waals surface area contributed by atoms with Gasteiger partial charge in [-0.2, -0.15) is 0 Å². The quantitative estimate of drug-likeness (QED) is 0.426. The molecule has 0 saturated heterocycles. The molecule has 3 N–H and O–H groups in total. The minimum Gasteiger partial charge on any atom is -0.507 e. The molecule has 0 saturated carbocycles. The Morgan fingerprint density at radius 2 is 1.78 bits per heavy atom. The first-order valence-electron chi connectivity index (χ1n) is 9.22. The zero-order valence-corrected chi connectivity index (χ0v) is 16.5. The van der Waals surface area contributed by atoms with E-state index in [1.54, 1.807) is 19.1 Å². The summed E-state index contributed by atoms with van der Waals surface area (Å²) in [6.07, 6.45) is 6.46. The van der Waals surface area contributed by atoms with Crippen molar-refractivity contribution in [2.24, 2.45) is 11.8 Å². The second kappa shape index (κ2) is 10.7. The van der Waals surface area contributed by atoms with E-state index in [0.717, 1.165) is 5.57 Å². The summed E-state index contributed by atoms with van der Waals surface area (Å²) in [6, 6.07) is 2.91. The molecule has 0 fully saturated rings. The number of benzene rings is 1. The summed E-state index contributed by atoms with van der Waals surface area (Å²) in [4.78, 5) is 23.5. The number of aromatic hydroxyl groups is 1. The maximum Gasteiger partial charge on any atom is 0.335 e. The fourth-order valence-corrected chi connectivity index (χ4v) is 2.54. The van der Waals surface area contributed by atoms with Gasteiger partial charge in [0.25, 0.3) is 0 Å². The van der Waals surface area contributed by atoms with Gasteiger partial charge in [0, 0.05) is 5.92 Å². The number of rotatable bonds is 10. The Morgan fingerprint density at radius 1 is 1.15 bits per heavy atom. The van der Waals surface area contributed by atoms with Crippen molar-refractivity contribution in [1.29, 1.82) is 0 Å². The Hall–Kier alpha value is -2.40. The van der Waals surface area contributed by atoms with Crippen LogP contribution in [-0.2, 0) is 17.6 Å². The molecule has 0 aliphatic rings. The van der Waals surface area contributed by atoms with Crippen LogP contribution in [0, 0.1) is 11.8 Å². The average molecular weight is 374 g/mol. The van der Waals surface area contributed by atoms with Crippen molar-refractivity contribution in [3.8, 4) is 5.75 Å². The first kappa shape index (κ1) is 22.6. The number of hydrogen-bond acceptors (Lipinski definition) is 4. The number of carboxylic acids is 1. The van der Waals surface area contributed by atoms with Gasteiger partial charge in [0.2, 0.25) is 0 Å². The zero-order chi connectivity index (χ0) is 20.6. The fourth-order valence-electron chi connectivity index (χ4n) is 2.54. The van der Waals surface area contributed by atoms with Gasteiger partial charge in [-0.05, 0) is 61.4 Å². The lowest BCUT2D eigenvalue weighted by molar-refractivity contribution is -0.117. The number of phenols is 1. The van der Waals surface area contributed by atoms with Crippen molar-refractivity contribution < 1.29 is 24.9 Å². The van der Waals surface area contributed by atoms with Crippen LogP contribution in [0.15, 0.2) is 35.9 Å². The van der Waals surface area contributed by atoms with Gasteiger partial charge in [-0.15, -0.1) is 0 Å². The molecule has 0 aliphatic carbocycles. The second-order valence-electron chi connectivity index (χ2n) is 7.31. The summed E-state index contributed by atoms with van der Waals surface area (Å²) in [5, 5.41) is 29.0. The smallest absolute Gasteiger partial charge is 0.335 e. The highest BCUT2D eigenvalue weighted by atomic mass is 16.4. The van der Waals surface area contributed by atoms with Crippen LogP contribution in [0.3, 0.4) is 0 Å². The molecule has 1 rings (SSSR count). The number of allylic oxidation sites excluding steroid dienone is 3. The molecule has 0 aliphatic heterocycles. The molecule has 5 nitrogen and oxygen atoms in total. The number of carbonyl (C=O) groups excluding carboxylic acids is 1. The molecule has 1 aromatic carbocycles. The van der Waals surface area contributed by atoms with Gasteiger partial charge < -0.3 is 15.3 Å². The maximum absolute atomic E-state index is 12.1. The van der Waals surface area contributed by atoms with Crippen LogP contribution in [0.2, 0.25) is 0 Å². The Kier molecular flexibility index (Phi) is 8.95. The molecule has 1 aromatic rings. The fraction of sp³-hybridized carbons (Fsp3) is 0.455. The lowest BCUT2D eigenvalue weighted by atomic mass is 9.93. The second-order valence-corrected chi connectivity index (χ2v) is 7.31. The van der Waals surface area contributed by atoms with Crippen LogP contribution >= 0.6 is 0 Å². The Morgan fingerprint density at radius 3 is 2.33 bits per heavy atom. The van der Waals surface area contributed by atoms with E-state index in [4.69, 9.17) is 5.11 Å². The Balaban J connectivity index is 3.00. The van der Waals surface area contributed by atoms with Gasteiger partial charge in [0.15, 0.2) is 5.78 Å². The molecule has 0 bridgehead atoms. The predicted molar refractivity (Wildman–Crippen MR) is 106 cm³/mol. The van der Waals surface area contributed by atoms with Gasteiger partial charge in [-0.3, -0.25) is 4.79 Å². The van der Waals surface area contributed by atoms with Gasteiger partial charge in [0.1, 0.15) is 5.75 Å². The Labute approximate surface area is 161 Å². The highest BCUT2D eigenvalue weighted by molar-refractivity contribution is 5.91. The van der Waals surface area contributed by atoms with Crippen LogP contribution in [0.5, 0.6) is 5.75 Å². The molecular weight excluding hydrogens is 344 g/mol. The van der Waals surface area contributed by atoms with Crippen molar-refractivity contribution in [2.45, 2.75) is 47.0 Å². The normalized spacial score (nSPS) is 13.3. The molecule has 0 heterocycles. The van der Waals surface area contributed by atoms with E-state index in [-0.39, 0.29) is 29.6 Å². The van der Waals surface area contributed by atoms with E-state index in [2.05, 4.69) is 0 Å². The first-order chi connectivity index (χ1) is 12.6. The molecule has 0 amide bonds. The largest absolute Gasteiger partial charge is 0.507 e. The SMILES string of the molecule is CC(=CCc1cc(C(=O)O)cc(CCC(C)C(=O)/C=C/C(C)C)c1O)CO. The van der Waals surface area contributed by atoms with Crippen LogP contribution < -0.4 is 0 Å². The number of aryl methyl sites for hydroxylation is 1. The molecule has 5 heteroatoms. The lowest BCUT2D eigenvalue weighted by Gasteiger charge is -2.13. The van der Waals surface area contributed by atoms with Gasteiger partial charge in [-0.25, -0.2) is 4.79 Å². The molecular formula is C22H30O5. The van der Waals surface area contributed by atoms with E-state index in [1.807, 2.05) is 26.8 Å². The molecule has 0 aromatic heterocycles. The van der Waals surface area contributed by atoms with Gasteiger partial charge >= 0.3 is 5.97 Å². The summed E-state index contributed by atoms with van der Waals surface area (Å²) >= 11 is 0. The zero-order valence-electron chi connectivity index (χ0n) is 16.5. The van der Waals surface area contributed by atoms with Crippen LogP contribution in [-0.4, -0.2) is 33.7 Å². The van der Waals surface area contributed by atoms with Gasteiger partial charge in [0.05, 0.1) is 12.2 Å². The minimum absolute atomic E-state index is 0.0271. The van der Waals surface area contributed by atoms with E-state index in [9.17, 15) is 19.8 Å². The molecule has 0 radical (unpaired) electrons. The third-order valence-electron chi connectivity index (χ3n) is 4.41. The molecule has 1 atom stereocenters. The first-order valence-corrected chi connectivity index (χ1v) is 9.22. The number of aliphatic hydroxyl groups excluding tert-OH is 1. The topological polar surface area (TPSA) is 94.8 Å². The van der Waals surface area contributed by atoms with E-state index < -0.39 is 5.97 Å². The van der Waals surface area contributed by atoms with E-state index >= 15 is 0 Å². The molecule has 1 unspecified atom stereocenters. The minimum atomic E-state index is -1.07. The number of phenolic OH excluding ortho intramolecular Hbond substituents is 1. The molecule has 27 heavy (non-hydrogen) atoms. The number of aliphatic hydroxyl groups is 1. The highest BCUT2D eigenvalue weighted by Gasteiger charge is 2.16. The lowest BCUT2D eigenvalue weighted by Crippen LogP contribution is -2.10. The van der Waals surface area contributed by atoms with Crippen molar-refractivity contribution >= 4 is 11.8 Å². The third-order valence-corrected chi connectivity index (χ3v) is 4.41. The van der Waals surface area contributed by atoms with Crippen molar-refractivity contribution in [3.63, 3.8) is 0 Å². The van der Waals surface area contributed by atoms with E-state index in [1.165, 1.54) is 12.1 Å².